The number of aromatic hydroxyl groups is 2. The molecule has 0 aliphatic rings. The van der Waals surface area contributed by atoms with Crippen molar-refractivity contribution in [3.8, 4) is 22.6 Å². The van der Waals surface area contributed by atoms with Crippen molar-refractivity contribution in [3.63, 3.8) is 0 Å². The lowest BCUT2D eigenvalue weighted by molar-refractivity contribution is 0.104. The molecular formula is C23H16O3. The third-order valence-electron chi connectivity index (χ3n) is 4.46. The molecule has 0 saturated carbocycles. The first kappa shape index (κ1) is 15.9. The van der Waals surface area contributed by atoms with Crippen molar-refractivity contribution in [2.45, 2.75) is 0 Å². The van der Waals surface area contributed by atoms with Crippen LogP contribution in [0.25, 0.3) is 21.9 Å². The van der Waals surface area contributed by atoms with Gasteiger partial charge in [-0.25, -0.2) is 0 Å². The van der Waals surface area contributed by atoms with Gasteiger partial charge >= 0.3 is 0 Å². The molecule has 0 aliphatic carbocycles. The molecule has 2 N–H and O–H groups in total. The van der Waals surface area contributed by atoms with Crippen molar-refractivity contribution in [1.82, 2.24) is 0 Å². The molecule has 4 aromatic rings. The van der Waals surface area contributed by atoms with E-state index in [9.17, 15) is 15.0 Å². The molecule has 0 spiro atoms. The highest BCUT2D eigenvalue weighted by Gasteiger charge is 2.15. The molecule has 0 atom stereocenters. The summed E-state index contributed by atoms with van der Waals surface area (Å²) in [5.74, 6) is 0.237. The van der Waals surface area contributed by atoms with Gasteiger partial charge in [0, 0.05) is 16.5 Å². The quantitative estimate of drug-likeness (QED) is 0.507. The Labute approximate surface area is 150 Å². The molecule has 0 amide bonds. The average Bonchev–Trinajstić information content (AvgIpc) is 2.68. The normalized spacial score (nSPS) is 10.8. The first-order valence-corrected chi connectivity index (χ1v) is 8.28. The van der Waals surface area contributed by atoms with Crippen LogP contribution in [0, 0.1) is 0 Å². The van der Waals surface area contributed by atoms with E-state index in [2.05, 4.69) is 0 Å². The van der Waals surface area contributed by atoms with Crippen LogP contribution in [0.5, 0.6) is 11.5 Å². The second-order valence-electron chi connectivity index (χ2n) is 6.13. The van der Waals surface area contributed by atoms with Crippen LogP contribution in [0.4, 0.5) is 0 Å². The number of ketones is 1. The van der Waals surface area contributed by atoms with Crippen molar-refractivity contribution in [3.05, 3.63) is 96.1 Å². The fourth-order valence-corrected chi connectivity index (χ4v) is 3.18. The summed E-state index contributed by atoms with van der Waals surface area (Å²) in [7, 11) is 0. The Morgan fingerprint density at radius 2 is 1.23 bits per heavy atom. The summed E-state index contributed by atoms with van der Waals surface area (Å²) in [5, 5.41) is 20.9. The SMILES string of the molecule is O=C(c1ccc(O)cc1)c1cccc2cccc(-c3ccc(O)cc3)c12. The second kappa shape index (κ2) is 6.37. The summed E-state index contributed by atoms with van der Waals surface area (Å²) in [6, 6.07) is 24.8. The lowest BCUT2D eigenvalue weighted by Crippen LogP contribution is -2.02. The Bertz CT molecular complexity index is 1090. The molecule has 0 saturated heterocycles. The van der Waals surface area contributed by atoms with Gasteiger partial charge in [-0.2, -0.15) is 0 Å². The molecule has 26 heavy (non-hydrogen) atoms. The van der Waals surface area contributed by atoms with Gasteiger partial charge in [-0.1, -0.05) is 48.5 Å². The predicted molar refractivity (Wildman–Crippen MR) is 103 cm³/mol. The van der Waals surface area contributed by atoms with E-state index in [1.54, 1.807) is 24.3 Å². The van der Waals surface area contributed by atoms with Crippen molar-refractivity contribution >= 4 is 16.6 Å². The Balaban J connectivity index is 1.94. The van der Waals surface area contributed by atoms with Crippen LogP contribution in [0.1, 0.15) is 15.9 Å². The molecule has 4 aromatic carbocycles. The van der Waals surface area contributed by atoms with Gasteiger partial charge in [-0.05, 0) is 52.9 Å². The van der Waals surface area contributed by atoms with Gasteiger partial charge in [0.15, 0.2) is 5.78 Å². The van der Waals surface area contributed by atoms with E-state index in [0.29, 0.717) is 11.1 Å². The van der Waals surface area contributed by atoms with E-state index >= 15 is 0 Å². The van der Waals surface area contributed by atoms with Crippen LogP contribution in [0.2, 0.25) is 0 Å². The van der Waals surface area contributed by atoms with Crippen molar-refractivity contribution in [1.29, 1.82) is 0 Å². The Kier molecular flexibility index (Phi) is 3.90. The van der Waals surface area contributed by atoms with Crippen molar-refractivity contribution in [2.75, 3.05) is 0 Å². The monoisotopic (exact) mass is 340 g/mol. The molecule has 3 nitrogen and oxygen atoms in total. The van der Waals surface area contributed by atoms with E-state index in [0.717, 1.165) is 21.9 Å². The maximum absolute atomic E-state index is 13.1. The summed E-state index contributed by atoms with van der Waals surface area (Å²) in [5.41, 5.74) is 3.00. The average molecular weight is 340 g/mol. The molecular weight excluding hydrogens is 324 g/mol. The fraction of sp³-hybridized carbons (Fsp3) is 0. The van der Waals surface area contributed by atoms with Crippen LogP contribution >= 0.6 is 0 Å². The summed E-state index contributed by atoms with van der Waals surface area (Å²) < 4.78 is 0. The minimum absolute atomic E-state index is 0.0955. The molecule has 0 fully saturated rings. The highest BCUT2D eigenvalue weighted by atomic mass is 16.3. The minimum atomic E-state index is -0.0955. The molecule has 0 bridgehead atoms. The predicted octanol–water partition coefficient (Wildman–Crippen LogP) is 5.15. The number of benzene rings is 4. The number of rotatable bonds is 3. The number of hydrogen-bond acceptors (Lipinski definition) is 3. The van der Waals surface area contributed by atoms with Crippen molar-refractivity contribution < 1.29 is 15.0 Å². The lowest BCUT2D eigenvalue weighted by atomic mass is 9.91. The van der Waals surface area contributed by atoms with Crippen LogP contribution in [0.3, 0.4) is 0 Å². The molecule has 0 unspecified atom stereocenters. The van der Waals surface area contributed by atoms with Gasteiger partial charge < -0.3 is 10.2 Å². The smallest absolute Gasteiger partial charge is 0.193 e. The van der Waals surface area contributed by atoms with Crippen LogP contribution in [0.15, 0.2) is 84.9 Å². The van der Waals surface area contributed by atoms with E-state index in [4.69, 9.17) is 0 Å². The van der Waals surface area contributed by atoms with Crippen molar-refractivity contribution in [2.24, 2.45) is 0 Å². The maximum Gasteiger partial charge on any atom is 0.193 e. The molecule has 4 rings (SSSR count). The molecule has 126 valence electrons. The van der Waals surface area contributed by atoms with Crippen LogP contribution in [-0.4, -0.2) is 16.0 Å². The number of carbonyl (C=O) groups excluding carboxylic acids is 1. The number of phenolic OH excluding ortho intramolecular Hbond substituents is 2. The first-order chi connectivity index (χ1) is 12.6. The van der Waals surface area contributed by atoms with Gasteiger partial charge in [0.2, 0.25) is 0 Å². The Morgan fingerprint density at radius 1 is 0.654 bits per heavy atom. The third-order valence-corrected chi connectivity index (χ3v) is 4.46. The Hall–Kier alpha value is -3.59. The number of fused-ring (bicyclic) bond motifs is 1. The van der Waals surface area contributed by atoms with Gasteiger partial charge in [0.25, 0.3) is 0 Å². The summed E-state index contributed by atoms with van der Waals surface area (Å²) in [6.45, 7) is 0. The molecule has 0 aliphatic heterocycles. The molecule has 3 heteroatoms. The molecule has 0 aromatic heterocycles. The minimum Gasteiger partial charge on any atom is -0.508 e. The molecule has 0 radical (unpaired) electrons. The Morgan fingerprint density at radius 3 is 1.88 bits per heavy atom. The zero-order valence-electron chi connectivity index (χ0n) is 13.9. The van der Waals surface area contributed by atoms with Gasteiger partial charge in [-0.3, -0.25) is 4.79 Å². The lowest BCUT2D eigenvalue weighted by Gasteiger charge is -2.12. The topological polar surface area (TPSA) is 57.5 Å². The highest BCUT2D eigenvalue weighted by molar-refractivity contribution is 6.19. The summed E-state index contributed by atoms with van der Waals surface area (Å²) in [6.07, 6.45) is 0. The zero-order valence-corrected chi connectivity index (χ0v) is 13.9. The van der Waals surface area contributed by atoms with Gasteiger partial charge in [0.05, 0.1) is 0 Å². The van der Waals surface area contributed by atoms with E-state index in [1.165, 1.54) is 12.1 Å². The first-order valence-electron chi connectivity index (χ1n) is 8.28. The second-order valence-corrected chi connectivity index (χ2v) is 6.13. The highest BCUT2D eigenvalue weighted by Crippen LogP contribution is 2.33. The van der Waals surface area contributed by atoms with Gasteiger partial charge in [0.1, 0.15) is 11.5 Å². The van der Waals surface area contributed by atoms with Crippen LogP contribution < -0.4 is 0 Å². The zero-order chi connectivity index (χ0) is 18.1. The van der Waals surface area contributed by atoms with E-state index in [1.807, 2.05) is 48.5 Å². The van der Waals surface area contributed by atoms with Gasteiger partial charge in [-0.15, -0.1) is 0 Å². The maximum atomic E-state index is 13.1. The van der Waals surface area contributed by atoms with E-state index in [-0.39, 0.29) is 17.3 Å². The number of hydrogen-bond donors (Lipinski definition) is 2. The van der Waals surface area contributed by atoms with Crippen LogP contribution in [-0.2, 0) is 0 Å². The number of carbonyl (C=O) groups is 1. The largest absolute Gasteiger partial charge is 0.508 e. The third kappa shape index (κ3) is 2.80. The molecule has 0 heterocycles. The summed E-state index contributed by atoms with van der Waals surface area (Å²) in [4.78, 5) is 13.1. The van der Waals surface area contributed by atoms with E-state index < -0.39 is 0 Å². The fourth-order valence-electron chi connectivity index (χ4n) is 3.18. The summed E-state index contributed by atoms with van der Waals surface area (Å²) >= 11 is 0. The standard InChI is InChI=1S/C23H16O3/c24-18-11-7-15(8-12-18)20-5-1-3-16-4-2-6-21(22(16)20)23(26)17-9-13-19(25)14-10-17/h1-14,24-25H. The number of phenols is 2.